The molecule has 0 N–H and O–H groups in total. The van der Waals surface area contributed by atoms with Crippen LogP contribution in [-0.2, 0) is 4.74 Å². The van der Waals surface area contributed by atoms with Crippen molar-refractivity contribution in [3.8, 4) is 5.75 Å². The molecule has 0 spiro atoms. The average molecular weight is 306 g/mol. The Bertz CT molecular complexity index is 351. The normalized spacial score (nSPS) is 17.4. The lowest BCUT2D eigenvalue weighted by Crippen LogP contribution is -2.21. The molecule has 0 bridgehead atoms. The number of halogens is 2. The van der Waals surface area contributed by atoms with E-state index in [9.17, 15) is 0 Å². The van der Waals surface area contributed by atoms with Crippen LogP contribution in [0.2, 0.25) is 5.02 Å². The molecule has 2 nitrogen and oxygen atoms in total. The van der Waals surface area contributed by atoms with Crippen LogP contribution < -0.4 is 4.74 Å². The van der Waals surface area contributed by atoms with Crippen molar-refractivity contribution < 1.29 is 9.47 Å². The van der Waals surface area contributed by atoms with Crippen LogP contribution in [0.25, 0.3) is 0 Å². The molecule has 1 saturated heterocycles. The SMILES string of the molecule is Clc1ccc(Br)cc1OCC1CCOCC1. The van der Waals surface area contributed by atoms with E-state index in [0.717, 1.165) is 42.9 Å². The van der Waals surface area contributed by atoms with Crippen LogP contribution in [0.4, 0.5) is 0 Å². The average Bonchev–Trinajstić information content (AvgIpc) is 2.32. The number of hydrogen-bond donors (Lipinski definition) is 0. The number of benzene rings is 1. The summed E-state index contributed by atoms with van der Waals surface area (Å²) >= 11 is 9.45. The van der Waals surface area contributed by atoms with E-state index in [-0.39, 0.29) is 0 Å². The Labute approximate surface area is 109 Å². The highest BCUT2D eigenvalue weighted by molar-refractivity contribution is 9.10. The lowest BCUT2D eigenvalue weighted by Gasteiger charge is -2.22. The largest absolute Gasteiger partial charge is 0.492 e. The molecule has 4 heteroatoms. The molecular formula is C12H14BrClO2. The van der Waals surface area contributed by atoms with Crippen molar-refractivity contribution in [3.63, 3.8) is 0 Å². The Morgan fingerprint density at radius 3 is 2.88 bits per heavy atom. The van der Waals surface area contributed by atoms with Gasteiger partial charge in [-0.25, -0.2) is 0 Å². The fourth-order valence-corrected chi connectivity index (χ4v) is 2.22. The van der Waals surface area contributed by atoms with E-state index in [1.54, 1.807) is 0 Å². The van der Waals surface area contributed by atoms with Gasteiger partial charge in [-0.1, -0.05) is 27.5 Å². The van der Waals surface area contributed by atoms with Gasteiger partial charge < -0.3 is 9.47 Å². The molecule has 0 amide bonds. The molecule has 1 aliphatic rings. The molecule has 2 rings (SSSR count). The van der Waals surface area contributed by atoms with E-state index < -0.39 is 0 Å². The molecule has 1 aromatic carbocycles. The topological polar surface area (TPSA) is 18.5 Å². The van der Waals surface area contributed by atoms with E-state index in [4.69, 9.17) is 21.1 Å². The zero-order valence-electron chi connectivity index (χ0n) is 8.92. The summed E-state index contributed by atoms with van der Waals surface area (Å²) in [6, 6.07) is 5.65. The molecule has 1 aromatic rings. The quantitative estimate of drug-likeness (QED) is 0.843. The maximum atomic E-state index is 6.04. The van der Waals surface area contributed by atoms with E-state index in [0.29, 0.717) is 10.9 Å². The van der Waals surface area contributed by atoms with Gasteiger partial charge in [-0.05, 0) is 37.0 Å². The van der Waals surface area contributed by atoms with Crippen molar-refractivity contribution in [3.05, 3.63) is 27.7 Å². The highest BCUT2D eigenvalue weighted by atomic mass is 79.9. The second-order valence-electron chi connectivity index (χ2n) is 3.94. The molecule has 1 fully saturated rings. The minimum absolute atomic E-state index is 0.587. The standard InChI is InChI=1S/C12H14BrClO2/c13-10-1-2-11(14)12(7-10)16-8-9-3-5-15-6-4-9/h1-2,7,9H,3-6,8H2. The van der Waals surface area contributed by atoms with Gasteiger partial charge in [0.05, 0.1) is 11.6 Å². The number of ether oxygens (including phenoxy) is 2. The van der Waals surface area contributed by atoms with Gasteiger partial charge in [0.2, 0.25) is 0 Å². The molecule has 0 aromatic heterocycles. The molecular weight excluding hydrogens is 291 g/mol. The van der Waals surface area contributed by atoms with Crippen molar-refractivity contribution in [2.24, 2.45) is 5.92 Å². The first-order valence-electron chi connectivity index (χ1n) is 5.41. The lowest BCUT2D eigenvalue weighted by atomic mass is 10.0. The summed E-state index contributed by atoms with van der Waals surface area (Å²) in [5.41, 5.74) is 0. The highest BCUT2D eigenvalue weighted by Gasteiger charge is 2.15. The summed E-state index contributed by atoms with van der Waals surface area (Å²) < 4.78 is 12.0. The summed E-state index contributed by atoms with van der Waals surface area (Å²) in [6.07, 6.45) is 2.15. The third kappa shape index (κ3) is 3.37. The molecule has 16 heavy (non-hydrogen) atoms. The monoisotopic (exact) mass is 304 g/mol. The van der Waals surface area contributed by atoms with Crippen LogP contribution in [0.15, 0.2) is 22.7 Å². The number of rotatable bonds is 3. The smallest absolute Gasteiger partial charge is 0.139 e. The summed E-state index contributed by atoms with van der Waals surface area (Å²) in [4.78, 5) is 0. The van der Waals surface area contributed by atoms with Gasteiger partial charge in [-0.15, -0.1) is 0 Å². The van der Waals surface area contributed by atoms with Gasteiger partial charge in [0, 0.05) is 17.7 Å². The maximum absolute atomic E-state index is 6.04. The van der Waals surface area contributed by atoms with Gasteiger partial charge >= 0.3 is 0 Å². The first-order chi connectivity index (χ1) is 7.75. The molecule has 0 atom stereocenters. The Morgan fingerprint density at radius 2 is 2.12 bits per heavy atom. The zero-order chi connectivity index (χ0) is 11.4. The predicted octanol–water partition coefficient (Wildman–Crippen LogP) is 3.91. The van der Waals surface area contributed by atoms with Crippen LogP contribution in [0.3, 0.4) is 0 Å². The van der Waals surface area contributed by atoms with Crippen LogP contribution >= 0.6 is 27.5 Å². The molecule has 0 saturated carbocycles. The van der Waals surface area contributed by atoms with Crippen LogP contribution in [0, 0.1) is 5.92 Å². The van der Waals surface area contributed by atoms with Crippen molar-refractivity contribution in [1.82, 2.24) is 0 Å². The van der Waals surface area contributed by atoms with Crippen molar-refractivity contribution >= 4 is 27.5 Å². The Kier molecular flexibility index (Phi) is 4.50. The highest BCUT2D eigenvalue weighted by Crippen LogP contribution is 2.29. The molecule has 1 aliphatic heterocycles. The third-order valence-electron chi connectivity index (χ3n) is 2.71. The Balaban J connectivity index is 1.90. The van der Waals surface area contributed by atoms with Crippen LogP contribution in [0.5, 0.6) is 5.75 Å². The van der Waals surface area contributed by atoms with E-state index >= 15 is 0 Å². The van der Waals surface area contributed by atoms with Gasteiger partial charge in [0.1, 0.15) is 5.75 Å². The van der Waals surface area contributed by atoms with Crippen molar-refractivity contribution in [1.29, 1.82) is 0 Å². The predicted molar refractivity (Wildman–Crippen MR) is 68.2 cm³/mol. The molecule has 1 heterocycles. The van der Waals surface area contributed by atoms with Gasteiger partial charge in [0.25, 0.3) is 0 Å². The lowest BCUT2D eigenvalue weighted by molar-refractivity contribution is 0.0497. The zero-order valence-corrected chi connectivity index (χ0v) is 11.3. The minimum Gasteiger partial charge on any atom is -0.492 e. The Morgan fingerprint density at radius 1 is 1.38 bits per heavy atom. The first-order valence-corrected chi connectivity index (χ1v) is 6.58. The minimum atomic E-state index is 0.587. The van der Waals surface area contributed by atoms with E-state index in [2.05, 4.69) is 15.9 Å². The van der Waals surface area contributed by atoms with Crippen molar-refractivity contribution in [2.75, 3.05) is 19.8 Å². The summed E-state index contributed by atoms with van der Waals surface area (Å²) in [5, 5.41) is 0.662. The number of hydrogen-bond acceptors (Lipinski definition) is 2. The summed E-state index contributed by atoms with van der Waals surface area (Å²) in [5.74, 6) is 1.34. The fourth-order valence-electron chi connectivity index (χ4n) is 1.71. The molecule has 0 aliphatic carbocycles. The van der Waals surface area contributed by atoms with Gasteiger partial charge in [-0.2, -0.15) is 0 Å². The van der Waals surface area contributed by atoms with Gasteiger partial charge in [0.15, 0.2) is 0 Å². The van der Waals surface area contributed by atoms with Gasteiger partial charge in [-0.3, -0.25) is 0 Å². The second-order valence-corrected chi connectivity index (χ2v) is 5.26. The van der Waals surface area contributed by atoms with E-state index in [1.807, 2.05) is 18.2 Å². The van der Waals surface area contributed by atoms with E-state index in [1.165, 1.54) is 0 Å². The molecule has 0 radical (unpaired) electrons. The third-order valence-corrected chi connectivity index (χ3v) is 3.51. The summed E-state index contributed by atoms with van der Waals surface area (Å²) in [7, 11) is 0. The first kappa shape index (κ1) is 12.2. The Hall–Kier alpha value is -0.250. The molecule has 0 unspecified atom stereocenters. The van der Waals surface area contributed by atoms with Crippen LogP contribution in [0.1, 0.15) is 12.8 Å². The maximum Gasteiger partial charge on any atom is 0.139 e. The second kappa shape index (κ2) is 5.89. The molecule has 88 valence electrons. The fraction of sp³-hybridized carbons (Fsp3) is 0.500. The summed E-state index contributed by atoms with van der Waals surface area (Å²) in [6.45, 7) is 2.42. The van der Waals surface area contributed by atoms with Crippen LogP contribution in [-0.4, -0.2) is 19.8 Å². The van der Waals surface area contributed by atoms with Crippen molar-refractivity contribution in [2.45, 2.75) is 12.8 Å².